The second-order valence-corrected chi connectivity index (χ2v) is 8.94. The highest BCUT2D eigenvalue weighted by Crippen LogP contribution is 2.36. The number of hydrogen-bond donors (Lipinski definition) is 1. The highest BCUT2D eigenvalue weighted by Gasteiger charge is 2.32. The summed E-state index contributed by atoms with van der Waals surface area (Å²) >= 11 is 0. The molecule has 1 fully saturated rings. The van der Waals surface area contributed by atoms with Gasteiger partial charge in [-0.05, 0) is 69.2 Å². The van der Waals surface area contributed by atoms with Gasteiger partial charge < -0.3 is 14.7 Å². The Morgan fingerprint density at radius 3 is 2.41 bits per heavy atom. The van der Waals surface area contributed by atoms with E-state index in [0.717, 1.165) is 16.8 Å². The number of hydrogen-bond acceptors (Lipinski definition) is 4. The summed E-state index contributed by atoms with van der Waals surface area (Å²) in [6.07, 6.45) is -1.74. The van der Waals surface area contributed by atoms with E-state index in [1.807, 2.05) is 0 Å². The molecule has 1 aromatic carbocycles. The smallest absolute Gasteiger partial charge is 0.435 e. The maximum atomic E-state index is 13.4. The molecule has 2 aromatic rings. The number of alkyl halides is 3. The lowest BCUT2D eigenvalue weighted by atomic mass is 9.87. The van der Waals surface area contributed by atoms with Crippen LogP contribution in [0.15, 0.2) is 30.6 Å². The topological polar surface area (TPSA) is 84.7 Å². The number of benzene rings is 1. The first-order valence-corrected chi connectivity index (χ1v) is 10.3. The van der Waals surface area contributed by atoms with Crippen molar-refractivity contribution in [1.29, 1.82) is 0 Å². The average molecular weight is 453 g/mol. The van der Waals surface area contributed by atoms with Gasteiger partial charge in [0.25, 0.3) is 0 Å². The van der Waals surface area contributed by atoms with Crippen molar-refractivity contribution in [3.05, 3.63) is 41.7 Å². The summed E-state index contributed by atoms with van der Waals surface area (Å²) in [6, 6.07) is 3.56. The number of nitrogens with zero attached hydrogens (tertiary/aromatic N) is 3. The number of ether oxygens (including phenoxy) is 1. The molecular weight excluding hydrogens is 427 g/mol. The van der Waals surface area contributed by atoms with Gasteiger partial charge in [-0.1, -0.05) is 6.07 Å². The highest BCUT2D eigenvalue weighted by molar-refractivity contribution is 5.74. The summed E-state index contributed by atoms with van der Waals surface area (Å²) in [4.78, 5) is 24.7. The van der Waals surface area contributed by atoms with E-state index in [0.29, 0.717) is 49.0 Å². The summed E-state index contributed by atoms with van der Waals surface area (Å²) in [5.41, 5.74) is -0.122. The van der Waals surface area contributed by atoms with Gasteiger partial charge in [0.2, 0.25) is 0 Å². The molecule has 0 atom stereocenters. The van der Waals surface area contributed by atoms with Gasteiger partial charge in [-0.15, -0.1) is 0 Å². The number of amides is 1. The van der Waals surface area contributed by atoms with Crippen molar-refractivity contribution in [2.45, 2.75) is 51.8 Å². The van der Waals surface area contributed by atoms with Crippen LogP contribution in [-0.2, 0) is 17.3 Å². The third-order valence-corrected chi connectivity index (χ3v) is 5.30. The van der Waals surface area contributed by atoms with Crippen molar-refractivity contribution in [2.24, 2.45) is 5.92 Å². The van der Waals surface area contributed by atoms with Crippen LogP contribution in [0.3, 0.4) is 0 Å². The third kappa shape index (κ3) is 5.80. The SMILES string of the molecule is CC(C)(C)OC(=O)n1cc(-c2cc(C(F)(F)F)ccc2CC2CCN(C(=O)O)CC2)cn1. The van der Waals surface area contributed by atoms with Gasteiger partial charge in [0.05, 0.1) is 11.8 Å². The lowest BCUT2D eigenvalue weighted by molar-refractivity contribution is -0.137. The van der Waals surface area contributed by atoms with Gasteiger partial charge in [-0.2, -0.15) is 23.0 Å². The van der Waals surface area contributed by atoms with E-state index in [1.165, 1.54) is 23.4 Å². The number of carbonyl (C=O) groups is 2. The van der Waals surface area contributed by atoms with E-state index in [-0.39, 0.29) is 5.92 Å². The summed E-state index contributed by atoms with van der Waals surface area (Å²) in [5.74, 6) is 0.141. The monoisotopic (exact) mass is 453 g/mol. The van der Waals surface area contributed by atoms with E-state index < -0.39 is 29.5 Å². The third-order valence-electron chi connectivity index (χ3n) is 5.30. The lowest BCUT2D eigenvalue weighted by Gasteiger charge is -2.30. The fraction of sp³-hybridized carbons (Fsp3) is 0.500. The first-order valence-electron chi connectivity index (χ1n) is 10.3. The number of halogens is 3. The minimum Gasteiger partial charge on any atom is -0.465 e. The Morgan fingerprint density at radius 1 is 1.19 bits per heavy atom. The summed E-state index contributed by atoms with van der Waals surface area (Å²) < 4.78 is 46.3. The zero-order valence-electron chi connectivity index (χ0n) is 18.1. The molecule has 1 aromatic heterocycles. The van der Waals surface area contributed by atoms with E-state index in [4.69, 9.17) is 9.84 Å². The predicted octanol–water partition coefficient (Wildman–Crippen LogP) is 5.28. The molecule has 10 heteroatoms. The van der Waals surface area contributed by atoms with Crippen molar-refractivity contribution < 1.29 is 32.6 Å². The molecule has 0 saturated carbocycles. The Labute approximate surface area is 183 Å². The second-order valence-electron chi connectivity index (χ2n) is 8.94. The molecule has 7 nitrogen and oxygen atoms in total. The molecule has 32 heavy (non-hydrogen) atoms. The molecule has 1 N–H and O–H groups in total. The van der Waals surface area contributed by atoms with E-state index in [1.54, 1.807) is 20.8 Å². The quantitative estimate of drug-likeness (QED) is 0.683. The number of rotatable bonds is 3. The fourth-order valence-corrected chi connectivity index (χ4v) is 3.71. The second kappa shape index (κ2) is 8.84. The molecule has 0 aliphatic carbocycles. The minimum absolute atomic E-state index is 0.141. The molecule has 0 radical (unpaired) electrons. The summed E-state index contributed by atoms with van der Waals surface area (Å²) in [5, 5.41) is 13.1. The maximum absolute atomic E-state index is 13.4. The number of piperidine rings is 1. The van der Waals surface area contributed by atoms with Gasteiger partial charge in [0, 0.05) is 24.8 Å². The van der Waals surface area contributed by atoms with Crippen LogP contribution < -0.4 is 0 Å². The fourth-order valence-electron chi connectivity index (χ4n) is 3.71. The van der Waals surface area contributed by atoms with E-state index >= 15 is 0 Å². The van der Waals surface area contributed by atoms with E-state index in [2.05, 4.69) is 5.10 Å². The normalized spacial score (nSPS) is 15.6. The lowest BCUT2D eigenvalue weighted by Crippen LogP contribution is -2.37. The van der Waals surface area contributed by atoms with E-state index in [9.17, 15) is 22.8 Å². The van der Waals surface area contributed by atoms with Crippen LogP contribution in [-0.4, -0.2) is 50.7 Å². The summed E-state index contributed by atoms with van der Waals surface area (Å²) in [6.45, 7) is 5.90. The van der Waals surface area contributed by atoms with Crippen LogP contribution in [0.5, 0.6) is 0 Å². The predicted molar refractivity (Wildman–Crippen MR) is 110 cm³/mol. The maximum Gasteiger partial charge on any atom is 0.435 e. The largest absolute Gasteiger partial charge is 0.465 e. The number of carboxylic acid groups (broad SMARTS) is 1. The van der Waals surface area contributed by atoms with Gasteiger partial charge >= 0.3 is 18.4 Å². The Morgan fingerprint density at radius 2 is 1.84 bits per heavy atom. The molecule has 3 rings (SSSR count). The van der Waals surface area contributed by atoms with Crippen LogP contribution in [0, 0.1) is 5.92 Å². The highest BCUT2D eigenvalue weighted by atomic mass is 19.4. The van der Waals surface area contributed by atoms with Crippen LogP contribution in [0.2, 0.25) is 0 Å². The standard InChI is InChI=1S/C22H26F3N3O4/c1-21(2,3)32-20(31)28-13-16(12-26-28)18-11-17(22(23,24)25)5-4-15(18)10-14-6-8-27(9-7-14)19(29)30/h4-5,11-14H,6-10H2,1-3H3,(H,29,30). The molecule has 1 aliphatic heterocycles. The minimum atomic E-state index is -4.51. The molecule has 1 aliphatic rings. The number of aromatic nitrogens is 2. The molecule has 1 amide bonds. The van der Waals surface area contributed by atoms with Gasteiger partial charge in [0.15, 0.2) is 0 Å². The van der Waals surface area contributed by atoms with Crippen LogP contribution in [0.4, 0.5) is 22.8 Å². The van der Waals surface area contributed by atoms with Gasteiger partial charge in [-0.25, -0.2) is 9.59 Å². The summed E-state index contributed by atoms with van der Waals surface area (Å²) in [7, 11) is 0. The number of carbonyl (C=O) groups excluding carboxylic acids is 1. The van der Waals surface area contributed by atoms with Crippen molar-refractivity contribution in [2.75, 3.05) is 13.1 Å². The van der Waals surface area contributed by atoms with Gasteiger partial charge in [0.1, 0.15) is 5.60 Å². The average Bonchev–Trinajstić information content (AvgIpc) is 3.17. The zero-order chi connectivity index (χ0) is 23.7. The Kier molecular flexibility index (Phi) is 6.52. The first kappa shape index (κ1) is 23.6. The van der Waals surface area contributed by atoms with Crippen LogP contribution in [0.1, 0.15) is 44.7 Å². The van der Waals surface area contributed by atoms with Crippen molar-refractivity contribution in [1.82, 2.24) is 14.7 Å². The molecular formula is C22H26F3N3O4. The molecule has 174 valence electrons. The Hall–Kier alpha value is -3.04. The van der Waals surface area contributed by atoms with Crippen LogP contribution in [0.25, 0.3) is 11.1 Å². The van der Waals surface area contributed by atoms with Gasteiger partial charge in [-0.3, -0.25) is 0 Å². The molecule has 0 bridgehead atoms. The van der Waals surface area contributed by atoms with Crippen LogP contribution >= 0.6 is 0 Å². The first-order chi connectivity index (χ1) is 14.8. The molecule has 0 unspecified atom stereocenters. The Bertz CT molecular complexity index is 987. The molecule has 0 spiro atoms. The van der Waals surface area contributed by atoms with Crippen molar-refractivity contribution in [3.63, 3.8) is 0 Å². The van der Waals surface area contributed by atoms with Crippen molar-refractivity contribution in [3.8, 4) is 11.1 Å². The zero-order valence-corrected chi connectivity index (χ0v) is 18.1. The number of likely N-dealkylation sites (tertiary alicyclic amines) is 1. The Balaban J connectivity index is 1.88. The molecule has 2 heterocycles. The molecule has 1 saturated heterocycles. The van der Waals surface area contributed by atoms with Crippen molar-refractivity contribution >= 4 is 12.2 Å².